The van der Waals surface area contributed by atoms with Crippen LogP contribution in [0, 0.1) is 0 Å². The summed E-state index contributed by atoms with van der Waals surface area (Å²) in [6.07, 6.45) is 3.67. The lowest BCUT2D eigenvalue weighted by Gasteiger charge is -2.07. The molecule has 0 saturated carbocycles. The molecule has 4 rings (SSSR count). The number of hydrogen-bond donors (Lipinski definition) is 1. The number of rotatable bonds is 6. The summed E-state index contributed by atoms with van der Waals surface area (Å²) in [4.78, 5) is 1.09. The molecular formula is C18H16N4O2S. The predicted molar refractivity (Wildman–Crippen MR) is 97.8 cm³/mol. The minimum absolute atomic E-state index is 0.640. The lowest BCUT2D eigenvalue weighted by Crippen LogP contribution is -2.00. The molecule has 2 aromatic heterocycles. The van der Waals surface area contributed by atoms with E-state index in [0.717, 1.165) is 21.6 Å². The largest absolute Gasteiger partial charge is 0.496 e. The van der Waals surface area contributed by atoms with Gasteiger partial charge in [0.25, 0.3) is 0 Å². The predicted octanol–water partition coefficient (Wildman–Crippen LogP) is 4.20. The molecule has 0 aliphatic heterocycles. The van der Waals surface area contributed by atoms with Gasteiger partial charge in [-0.05, 0) is 47.8 Å². The minimum Gasteiger partial charge on any atom is -0.496 e. The van der Waals surface area contributed by atoms with Gasteiger partial charge in [0.2, 0.25) is 0 Å². The van der Waals surface area contributed by atoms with Crippen LogP contribution in [0.2, 0.25) is 0 Å². The van der Waals surface area contributed by atoms with Gasteiger partial charge in [-0.15, -0.1) is 0 Å². The summed E-state index contributed by atoms with van der Waals surface area (Å²) in [5.74, 6) is 1.36. The highest BCUT2D eigenvalue weighted by atomic mass is 32.2. The fourth-order valence-corrected chi connectivity index (χ4v) is 3.24. The summed E-state index contributed by atoms with van der Waals surface area (Å²) in [6.45, 7) is 0.640. The Kier molecular flexibility index (Phi) is 4.30. The molecule has 0 aliphatic rings. The highest BCUT2D eigenvalue weighted by Gasteiger charge is 2.16. The van der Waals surface area contributed by atoms with Crippen LogP contribution in [-0.2, 0) is 6.54 Å². The van der Waals surface area contributed by atoms with E-state index in [4.69, 9.17) is 9.26 Å². The Morgan fingerprint density at radius 1 is 1.20 bits per heavy atom. The highest BCUT2D eigenvalue weighted by molar-refractivity contribution is 8.00. The second-order valence-electron chi connectivity index (χ2n) is 5.42. The molecule has 4 aromatic rings. The first-order chi connectivity index (χ1) is 12.3. The molecule has 6 nitrogen and oxygen atoms in total. The SMILES string of the molecule is COc1cc(Cn2cccn2)cc2onc(NSc3ccccc3)c12. The van der Waals surface area contributed by atoms with Crippen LogP contribution in [0.1, 0.15) is 5.56 Å². The molecular weight excluding hydrogens is 336 g/mol. The lowest BCUT2D eigenvalue weighted by molar-refractivity contribution is 0.418. The maximum atomic E-state index is 5.56. The van der Waals surface area contributed by atoms with E-state index in [0.29, 0.717) is 17.9 Å². The number of nitrogens with zero attached hydrogens (tertiary/aromatic N) is 3. The van der Waals surface area contributed by atoms with Gasteiger partial charge >= 0.3 is 0 Å². The van der Waals surface area contributed by atoms with Gasteiger partial charge in [-0.1, -0.05) is 23.4 Å². The Morgan fingerprint density at radius 2 is 2.08 bits per heavy atom. The maximum Gasteiger partial charge on any atom is 0.191 e. The number of aromatic nitrogens is 3. The van der Waals surface area contributed by atoms with Crippen LogP contribution in [-0.4, -0.2) is 22.0 Å². The number of nitrogens with one attached hydrogen (secondary N) is 1. The molecule has 0 radical (unpaired) electrons. The van der Waals surface area contributed by atoms with E-state index in [2.05, 4.69) is 15.0 Å². The standard InChI is InChI=1S/C18H16N4O2S/c1-23-15-10-13(12-22-9-5-8-19-22)11-16-17(15)18(20-24-16)21-25-14-6-3-2-4-7-14/h2-11H,12H2,1H3,(H,20,21). The Hall–Kier alpha value is -2.93. The Bertz CT molecular complexity index is 968. The second kappa shape index (κ2) is 6.90. The van der Waals surface area contributed by atoms with Crippen molar-refractivity contribution in [2.45, 2.75) is 11.4 Å². The molecule has 126 valence electrons. The zero-order valence-electron chi connectivity index (χ0n) is 13.5. The van der Waals surface area contributed by atoms with E-state index in [9.17, 15) is 0 Å². The highest BCUT2D eigenvalue weighted by Crippen LogP contribution is 2.35. The van der Waals surface area contributed by atoms with Gasteiger partial charge < -0.3 is 14.0 Å². The summed E-state index contributed by atoms with van der Waals surface area (Å²) in [6, 6.07) is 15.9. The van der Waals surface area contributed by atoms with Crippen LogP contribution in [0.4, 0.5) is 5.82 Å². The molecule has 2 aromatic carbocycles. The van der Waals surface area contributed by atoms with Crippen LogP contribution in [0.3, 0.4) is 0 Å². The molecule has 0 unspecified atom stereocenters. The van der Waals surface area contributed by atoms with Gasteiger partial charge in [0.15, 0.2) is 11.4 Å². The number of ether oxygens (including phenoxy) is 1. The van der Waals surface area contributed by atoms with Crippen LogP contribution in [0.5, 0.6) is 5.75 Å². The molecule has 0 aliphatic carbocycles. The van der Waals surface area contributed by atoms with Gasteiger partial charge in [-0.2, -0.15) is 5.10 Å². The van der Waals surface area contributed by atoms with Gasteiger partial charge in [-0.3, -0.25) is 4.68 Å². The normalized spacial score (nSPS) is 10.9. The third-order valence-electron chi connectivity index (χ3n) is 3.73. The first-order valence-electron chi connectivity index (χ1n) is 7.75. The lowest BCUT2D eigenvalue weighted by atomic mass is 10.1. The third-order valence-corrected chi connectivity index (χ3v) is 4.53. The average Bonchev–Trinajstić information content (AvgIpc) is 3.30. The van der Waals surface area contributed by atoms with Crippen molar-refractivity contribution in [1.82, 2.24) is 14.9 Å². The van der Waals surface area contributed by atoms with Crippen molar-refractivity contribution in [3.8, 4) is 5.75 Å². The monoisotopic (exact) mass is 352 g/mol. The van der Waals surface area contributed by atoms with E-state index in [-0.39, 0.29) is 0 Å². The molecule has 0 saturated heterocycles. The minimum atomic E-state index is 0.640. The zero-order valence-corrected chi connectivity index (χ0v) is 14.4. The zero-order chi connectivity index (χ0) is 17.1. The molecule has 1 N–H and O–H groups in total. The molecule has 0 amide bonds. The summed E-state index contributed by atoms with van der Waals surface area (Å²) < 4.78 is 16.2. The number of hydrogen-bond acceptors (Lipinski definition) is 6. The number of fused-ring (bicyclic) bond motifs is 1. The Labute approximate surface area is 148 Å². The third kappa shape index (κ3) is 3.32. The molecule has 7 heteroatoms. The number of anilines is 1. The van der Waals surface area contributed by atoms with Crippen molar-refractivity contribution in [1.29, 1.82) is 0 Å². The fraction of sp³-hybridized carbons (Fsp3) is 0.111. The van der Waals surface area contributed by atoms with E-state index in [1.807, 2.05) is 59.4 Å². The molecule has 0 atom stereocenters. The maximum absolute atomic E-state index is 5.56. The number of benzene rings is 2. The van der Waals surface area contributed by atoms with Gasteiger partial charge in [0.1, 0.15) is 11.1 Å². The van der Waals surface area contributed by atoms with E-state index < -0.39 is 0 Å². The van der Waals surface area contributed by atoms with Gasteiger partial charge in [0, 0.05) is 17.3 Å². The van der Waals surface area contributed by atoms with Crippen molar-refractivity contribution < 1.29 is 9.26 Å². The van der Waals surface area contributed by atoms with Crippen LogP contribution >= 0.6 is 11.9 Å². The summed E-state index contributed by atoms with van der Waals surface area (Å²) >= 11 is 1.48. The van der Waals surface area contributed by atoms with Crippen molar-refractivity contribution in [2.75, 3.05) is 11.8 Å². The molecule has 2 heterocycles. The van der Waals surface area contributed by atoms with Crippen molar-refractivity contribution in [3.05, 3.63) is 66.5 Å². The second-order valence-corrected chi connectivity index (χ2v) is 6.30. The van der Waals surface area contributed by atoms with Gasteiger partial charge in [-0.25, -0.2) is 0 Å². The quantitative estimate of drug-likeness (QED) is 0.525. The van der Waals surface area contributed by atoms with E-state index in [1.165, 1.54) is 11.9 Å². The first kappa shape index (κ1) is 15.6. The van der Waals surface area contributed by atoms with Crippen LogP contribution in [0.15, 0.2) is 70.3 Å². The smallest absolute Gasteiger partial charge is 0.191 e. The molecule has 0 bridgehead atoms. The molecule has 0 fully saturated rings. The molecule has 25 heavy (non-hydrogen) atoms. The van der Waals surface area contributed by atoms with Gasteiger partial charge in [0.05, 0.1) is 13.7 Å². The van der Waals surface area contributed by atoms with E-state index >= 15 is 0 Å². The van der Waals surface area contributed by atoms with Crippen molar-refractivity contribution in [2.24, 2.45) is 0 Å². The van der Waals surface area contributed by atoms with E-state index in [1.54, 1.807) is 13.3 Å². The summed E-state index contributed by atoms with van der Waals surface area (Å²) in [5, 5.41) is 9.21. The topological polar surface area (TPSA) is 65.1 Å². The van der Waals surface area contributed by atoms with Crippen LogP contribution in [0.25, 0.3) is 11.0 Å². The fourth-order valence-electron chi connectivity index (χ4n) is 2.59. The average molecular weight is 352 g/mol. The van der Waals surface area contributed by atoms with Crippen LogP contribution < -0.4 is 9.46 Å². The van der Waals surface area contributed by atoms with Crippen molar-refractivity contribution >= 4 is 28.7 Å². The molecule has 0 spiro atoms. The summed E-state index contributed by atoms with van der Waals surface area (Å²) in [5.41, 5.74) is 1.71. The Balaban J connectivity index is 1.63. The van der Waals surface area contributed by atoms with Crippen molar-refractivity contribution in [3.63, 3.8) is 0 Å². The first-order valence-corrected chi connectivity index (χ1v) is 8.57. The summed E-state index contributed by atoms with van der Waals surface area (Å²) in [7, 11) is 1.65. The number of methoxy groups -OCH3 is 1. The Morgan fingerprint density at radius 3 is 2.84 bits per heavy atom.